The van der Waals surface area contributed by atoms with Gasteiger partial charge in [-0.05, 0) is 54.8 Å². The first-order valence-electron chi connectivity index (χ1n) is 10.9. The third kappa shape index (κ3) is 7.72. The largest absolute Gasteiger partial charge is 0.497 e. The highest BCUT2D eigenvalue weighted by Gasteiger charge is 2.30. The zero-order valence-corrected chi connectivity index (χ0v) is 20.9. The minimum atomic E-state index is -3.87. The van der Waals surface area contributed by atoms with Crippen LogP contribution in [0.4, 0.5) is 10.1 Å². The van der Waals surface area contributed by atoms with E-state index in [1.54, 1.807) is 31.2 Å². The van der Waals surface area contributed by atoms with Gasteiger partial charge in [0.05, 0.1) is 19.1 Å². The average molecular weight is 494 g/mol. The molecule has 0 spiro atoms. The number of nitrogens with zero attached hydrogens (tertiary/aromatic N) is 2. The van der Waals surface area contributed by atoms with Gasteiger partial charge < -0.3 is 15.0 Å². The molecule has 186 valence electrons. The summed E-state index contributed by atoms with van der Waals surface area (Å²) in [5, 5.41) is 2.82. The Morgan fingerprint density at radius 2 is 1.74 bits per heavy atom. The summed E-state index contributed by atoms with van der Waals surface area (Å²) < 4.78 is 44.4. The van der Waals surface area contributed by atoms with Crippen LogP contribution in [-0.4, -0.2) is 57.6 Å². The smallest absolute Gasteiger partial charge is 0.244 e. The molecule has 10 heteroatoms. The van der Waals surface area contributed by atoms with E-state index in [0.717, 1.165) is 22.7 Å². The Balaban J connectivity index is 2.37. The molecule has 0 heterocycles. The molecule has 0 bridgehead atoms. The fourth-order valence-corrected chi connectivity index (χ4v) is 4.07. The topological polar surface area (TPSA) is 96.0 Å². The highest BCUT2D eigenvalue weighted by molar-refractivity contribution is 7.92. The maximum absolute atomic E-state index is 13.4. The van der Waals surface area contributed by atoms with Crippen LogP contribution in [-0.2, 0) is 26.2 Å². The molecule has 0 aliphatic rings. The van der Waals surface area contributed by atoms with Gasteiger partial charge >= 0.3 is 0 Å². The molecule has 0 fully saturated rings. The van der Waals surface area contributed by atoms with Gasteiger partial charge in [0.1, 0.15) is 24.2 Å². The number of nitrogens with one attached hydrogen (secondary N) is 1. The monoisotopic (exact) mass is 493 g/mol. The van der Waals surface area contributed by atoms with Crippen molar-refractivity contribution < 1.29 is 27.1 Å². The van der Waals surface area contributed by atoms with Gasteiger partial charge in [0, 0.05) is 13.1 Å². The Bertz CT molecular complexity index is 1090. The van der Waals surface area contributed by atoms with Crippen molar-refractivity contribution in [3.05, 3.63) is 59.9 Å². The third-order valence-electron chi connectivity index (χ3n) is 5.13. The second-order valence-corrected chi connectivity index (χ2v) is 10.3. The summed E-state index contributed by atoms with van der Waals surface area (Å²) in [5.74, 6) is -0.648. The second kappa shape index (κ2) is 11.8. The quantitative estimate of drug-likeness (QED) is 0.519. The third-order valence-corrected chi connectivity index (χ3v) is 6.27. The van der Waals surface area contributed by atoms with E-state index in [-0.39, 0.29) is 24.1 Å². The summed E-state index contributed by atoms with van der Waals surface area (Å²) in [4.78, 5) is 27.5. The van der Waals surface area contributed by atoms with Crippen molar-refractivity contribution in [3.63, 3.8) is 0 Å². The number of carbonyl (C=O) groups excluding carboxylic acids is 2. The Kier molecular flexibility index (Phi) is 9.43. The summed E-state index contributed by atoms with van der Waals surface area (Å²) >= 11 is 0. The summed E-state index contributed by atoms with van der Waals surface area (Å²) in [6.07, 6.45) is 0.967. The Labute approximate surface area is 200 Å². The van der Waals surface area contributed by atoms with Crippen LogP contribution >= 0.6 is 0 Å². The van der Waals surface area contributed by atoms with Gasteiger partial charge in [0.25, 0.3) is 0 Å². The van der Waals surface area contributed by atoms with Crippen LogP contribution in [0, 0.1) is 11.7 Å². The van der Waals surface area contributed by atoms with Crippen LogP contribution in [0.2, 0.25) is 0 Å². The van der Waals surface area contributed by atoms with E-state index in [1.165, 1.54) is 24.1 Å². The standard InChI is InChI=1S/C24H32FN3O5S/c1-17(2)14-26-24(30)18(3)27(15-19-7-6-8-22(13-19)33-4)23(29)16-28(34(5,31)32)21-11-9-20(25)10-12-21/h6-13,17-18H,14-16H2,1-5H3,(H,26,30)/t18-/m0/s1. The molecule has 0 saturated heterocycles. The predicted octanol–water partition coefficient (Wildman–Crippen LogP) is 2.79. The molecule has 2 aromatic rings. The van der Waals surface area contributed by atoms with Crippen LogP contribution in [0.15, 0.2) is 48.5 Å². The van der Waals surface area contributed by atoms with E-state index in [9.17, 15) is 22.4 Å². The number of ether oxygens (including phenoxy) is 1. The molecule has 0 aliphatic carbocycles. The van der Waals surface area contributed by atoms with Crippen molar-refractivity contribution in [2.45, 2.75) is 33.4 Å². The van der Waals surface area contributed by atoms with Crippen LogP contribution in [0.5, 0.6) is 5.75 Å². The lowest BCUT2D eigenvalue weighted by Gasteiger charge is -2.31. The highest BCUT2D eigenvalue weighted by Crippen LogP contribution is 2.20. The molecule has 0 unspecified atom stereocenters. The molecule has 0 saturated carbocycles. The van der Waals surface area contributed by atoms with Gasteiger partial charge in [-0.25, -0.2) is 12.8 Å². The van der Waals surface area contributed by atoms with Crippen LogP contribution in [0.3, 0.4) is 0 Å². The number of carbonyl (C=O) groups is 2. The van der Waals surface area contributed by atoms with Gasteiger partial charge in [-0.2, -0.15) is 0 Å². The number of hydrogen-bond acceptors (Lipinski definition) is 5. The summed E-state index contributed by atoms with van der Waals surface area (Å²) in [6, 6.07) is 11.0. The van der Waals surface area contributed by atoms with Crippen molar-refractivity contribution in [2.75, 3.05) is 30.8 Å². The lowest BCUT2D eigenvalue weighted by atomic mass is 10.1. The first kappa shape index (κ1) is 27.1. The van der Waals surface area contributed by atoms with Crippen molar-refractivity contribution in [2.24, 2.45) is 5.92 Å². The summed E-state index contributed by atoms with van der Waals surface area (Å²) in [5.41, 5.74) is 0.861. The molecule has 34 heavy (non-hydrogen) atoms. The number of benzene rings is 2. The van der Waals surface area contributed by atoms with E-state index >= 15 is 0 Å². The van der Waals surface area contributed by atoms with Crippen LogP contribution in [0.25, 0.3) is 0 Å². The maximum Gasteiger partial charge on any atom is 0.244 e. The van der Waals surface area contributed by atoms with Crippen molar-refractivity contribution in [1.82, 2.24) is 10.2 Å². The van der Waals surface area contributed by atoms with E-state index in [2.05, 4.69) is 5.32 Å². The lowest BCUT2D eigenvalue weighted by Crippen LogP contribution is -2.51. The second-order valence-electron chi connectivity index (χ2n) is 8.43. The summed E-state index contributed by atoms with van der Waals surface area (Å²) in [6.45, 7) is 5.46. The molecule has 2 rings (SSSR count). The number of methoxy groups -OCH3 is 1. The van der Waals surface area contributed by atoms with E-state index in [4.69, 9.17) is 4.74 Å². The SMILES string of the molecule is COc1cccc(CN(C(=O)CN(c2ccc(F)cc2)S(C)(=O)=O)[C@@H](C)C(=O)NCC(C)C)c1. The van der Waals surface area contributed by atoms with Gasteiger partial charge in [0.15, 0.2) is 0 Å². The zero-order chi connectivity index (χ0) is 25.5. The number of rotatable bonds is 11. The predicted molar refractivity (Wildman–Crippen MR) is 129 cm³/mol. The van der Waals surface area contributed by atoms with Crippen molar-refractivity contribution >= 4 is 27.5 Å². The van der Waals surface area contributed by atoms with Gasteiger partial charge in [-0.1, -0.05) is 26.0 Å². The molecule has 2 amide bonds. The summed E-state index contributed by atoms with van der Waals surface area (Å²) in [7, 11) is -2.34. The van der Waals surface area contributed by atoms with Crippen molar-refractivity contribution in [1.29, 1.82) is 0 Å². The normalized spacial score (nSPS) is 12.2. The molecule has 8 nitrogen and oxygen atoms in total. The molecule has 1 atom stereocenters. The fraction of sp³-hybridized carbons (Fsp3) is 0.417. The van der Waals surface area contributed by atoms with Gasteiger partial charge in [-0.15, -0.1) is 0 Å². The number of halogens is 1. The van der Waals surface area contributed by atoms with Gasteiger partial charge in [0.2, 0.25) is 21.8 Å². The first-order chi connectivity index (χ1) is 15.9. The molecule has 0 aliphatic heterocycles. The Morgan fingerprint density at radius 3 is 2.29 bits per heavy atom. The zero-order valence-electron chi connectivity index (χ0n) is 20.1. The van der Waals surface area contributed by atoms with E-state index < -0.39 is 34.3 Å². The molecule has 0 aromatic heterocycles. The van der Waals surface area contributed by atoms with Crippen LogP contribution < -0.4 is 14.4 Å². The van der Waals surface area contributed by atoms with Crippen molar-refractivity contribution in [3.8, 4) is 5.75 Å². The van der Waals surface area contributed by atoms with E-state index in [0.29, 0.717) is 17.9 Å². The minimum Gasteiger partial charge on any atom is -0.497 e. The Morgan fingerprint density at radius 1 is 1.09 bits per heavy atom. The molecule has 2 aromatic carbocycles. The number of anilines is 1. The minimum absolute atomic E-state index is 0.0628. The van der Waals surface area contributed by atoms with Crippen LogP contribution in [0.1, 0.15) is 26.3 Å². The maximum atomic E-state index is 13.4. The number of sulfonamides is 1. The lowest BCUT2D eigenvalue weighted by molar-refractivity contribution is -0.139. The average Bonchev–Trinajstić information content (AvgIpc) is 2.78. The number of amides is 2. The van der Waals surface area contributed by atoms with Gasteiger partial charge in [-0.3, -0.25) is 13.9 Å². The molecule has 1 N–H and O–H groups in total. The fourth-order valence-electron chi connectivity index (χ4n) is 3.22. The molecular formula is C24H32FN3O5S. The number of hydrogen-bond donors (Lipinski definition) is 1. The Hall–Kier alpha value is -3.14. The molecular weight excluding hydrogens is 461 g/mol. The highest BCUT2D eigenvalue weighted by atomic mass is 32.2. The van der Waals surface area contributed by atoms with E-state index in [1.807, 2.05) is 13.8 Å². The molecule has 0 radical (unpaired) electrons. The first-order valence-corrected chi connectivity index (χ1v) is 12.7.